The third-order valence-electron chi connectivity index (χ3n) is 4.65. The lowest BCUT2D eigenvalue weighted by Crippen LogP contribution is -2.40. The van der Waals surface area contributed by atoms with Gasteiger partial charge in [-0.1, -0.05) is 18.6 Å². The number of hydrogen-bond donors (Lipinski definition) is 1. The van der Waals surface area contributed by atoms with E-state index in [1.54, 1.807) is 6.07 Å². The van der Waals surface area contributed by atoms with Gasteiger partial charge in [-0.15, -0.1) is 0 Å². The van der Waals surface area contributed by atoms with Gasteiger partial charge in [0.2, 0.25) is 0 Å². The predicted octanol–water partition coefficient (Wildman–Crippen LogP) is 4.65. The van der Waals surface area contributed by atoms with Gasteiger partial charge in [0.25, 0.3) is 0 Å². The monoisotopic (exact) mass is 316 g/mol. The maximum Gasteiger partial charge on any atom is 0.416 e. The standard InChI is InChI=1S/C16H19F3OS/c1-10-5-6-11(7-14(10)16(17,18)19)15(20)8-12-3-2-4-13(9-15)21-12/h5-7,12-13,20H,2-4,8-9H2,1H3. The van der Waals surface area contributed by atoms with Crippen LogP contribution < -0.4 is 0 Å². The number of fused-ring (bicyclic) bond motifs is 2. The number of thioether (sulfide) groups is 1. The molecule has 2 atom stereocenters. The molecule has 2 aliphatic rings. The molecule has 2 aliphatic heterocycles. The summed E-state index contributed by atoms with van der Waals surface area (Å²) in [6.45, 7) is 1.46. The third kappa shape index (κ3) is 2.95. The molecule has 0 spiro atoms. The van der Waals surface area contributed by atoms with Gasteiger partial charge in [-0.3, -0.25) is 0 Å². The molecule has 2 fully saturated rings. The Balaban J connectivity index is 1.96. The zero-order valence-electron chi connectivity index (χ0n) is 11.9. The molecule has 0 saturated carbocycles. The lowest BCUT2D eigenvalue weighted by Gasteiger charge is -2.44. The van der Waals surface area contributed by atoms with Crippen molar-refractivity contribution in [2.24, 2.45) is 0 Å². The van der Waals surface area contributed by atoms with Crippen molar-refractivity contribution in [3.63, 3.8) is 0 Å². The van der Waals surface area contributed by atoms with Crippen molar-refractivity contribution >= 4 is 11.8 Å². The molecule has 5 heteroatoms. The second-order valence-corrected chi connectivity index (χ2v) is 7.88. The number of benzene rings is 1. The summed E-state index contributed by atoms with van der Waals surface area (Å²) in [5.41, 5.74) is -1.09. The summed E-state index contributed by atoms with van der Waals surface area (Å²) >= 11 is 1.90. The maximum atomic E-state index is 13.1. The normalized spacial score (nSPS) is 33.0. The van der Waals surface area contributed by atoms with Crippen LogP contribution in [0.3, 0.4) is 0 Å². The third-order valence-corrected chi connectivity index (χ3v) is 6.22. The molecule has 1 N–H and O–H groups in total. The van der Waals surface area contributed by atoms with E-state index in [-0.39, 0.29) is 5.56 Å². The van der Waals surface area contributed by atoms with Gasteiger partial charge in [0.15, 0.2) is 0 Å². The average Bonchev–Trinajstić information content (AvgIpc) is 2.37. The average molecular weight is 316 g/mol. The van der Waals surface area contributed by atoms with Gasteiger partial charge < -0.3 is 5.11 Å². The van der Waals surface area contributed by atoms with Gasteiger partial charge >= 0.3 is 6.18 Å². The fraction of sp³-hybridized carbons (Fsp3) is 0.625. The molecule has 2 bridgehead atoms. The molecule has 2 heterocycles. The lowest BCUT2D eigenvalue weighted by atomic mass is 9.79. The van der Waals surface area contributed by atoms with E-state index < -0.39 is 17.3 Å². The SMILES string of the molecule is Cc1ccc(C2(O)CC3CCCC(C2)S3)cc1C(F)(F)F. The quantitative estimate of drug-likeness (QED) is 0.814. The van der Waals surface area contributed by atoms with Gasteiger partial charge in [-0.2, -0.15) is 24.9 Å². The molecule has 1 aromatic rings. The van der Waals surface area contributed by atoms with E-state index in [1.807, 2.05) is 11.8 Å². The van der Waals surface area contributed by atoms with Gasteiger partial charge in [-0.05, 0) is 49.8 Å². The van der Waals surface area contributed by atoms with Gasteiger partial charge in [0, 0.05) is 10.5 Å². The topological polar surface area (TPSA) is 20.2 Å². The number of rotatable bonds is 1. The predicted molar refractivity (Wildman–Crippen MR) is 78.3 cm³/mol. The fourth-order valence-electron chi connectivity index (χ4n) is 3.57. The summed E-state index contributed by atoms with van der Waals surface area (Å²) in [5, 5.41) is 11.7. The molecule has 116 valence electrons. The molecular weight excluding hydrogens is 297 g/mol. The lowest BCUT2D eigenvalue weighted by molar-refractivity contribution is -0.138. The molecule has 21 heavy (non-hydrogen) atoms. The Hall–Kier alpha value is -0.680. The molecular formula is C16H19F3OS. The minimum absolute atomic E-state index is 0.209. The van der Waals surface area contributed by atoms with Crippen LogP contribution in [0, 0.1) is 6.92 Å². The Kier molecular flexibility index (Phi) is 3.77. The first-order chi connectivity index (χ1) is 9.78. The summed E-state index contributed by atoms with van der Waals surface area (Å²) in [4.78, 5) is 0. The molecule has 1 nitrogen and oxygen atoms in total. The van der Waals surface area contributed by atoms with Crippen LogP contribution in [0.1, 0.15) is 48.8 Å². The second-order valence-electron chi connectivity index (χ2n) is 6.28. The number of aryl methyl sites for hydroxylation is 1. The minimum atomic E-state index is -4.37. The largest absolute Gasteiger partial charge is 0.416 e. The Morgan fingerprint density at radius 2 is 1.81 bits per heavy atom. The van der Waals surface area contributed by atoms with E-state index in [0.717, 1.165) is 18.9 Å². The molecule has 3 rings (SSSR count). The van der Waals surface area contributed by atoms with Crippen molar-refractivity contribution in [1.82, 2.24) is 0 Å². The molecule has 0 aromatic heterocycles. The summed E-state index contributed by atoms with van der Waals surface area (Å²) < 4.78 is 39.2. The summed E-state index contributed by atoms with van der Waals surface area (Å²) in [7, 11) is 0. The Bertz CT molecular complexity index is 529. The first kappa shape index (κ1) is 15.2. The van der Waals surface area contributed by atoms with Crippen LogP contribution in [0.15, 0.2) is 18.2 Å². The molecule has 2 saturated heterocycles. The highest BCUT2D eigenvalue weighted by Gasteiger charge is 2.43. The van der Waals surface area contributed by atoms with Gasteiger partial charge in [-0.25, -0.2) is 0 Å². The maximum absolute atomic E-state index is 13.1. The van der Waals surface area contributed by atoms with Crippen LogP contribution in [0.5, 0.6) is 0 Å². The van der Waals surface area contributed by atoms with E-state index >= 15 is 0 Å². The van der Waals surface area contributed by atoms with Crippen LogP contribution in [-0.2, 0) is 11.8 Å². The Morgan fingerprint density at radius 1 is 1.19 bits per heavy atom. The Labute approximate surface area is 126 Å². The van der Waals surface area contributed by atoms with E-state index in [9.17, 15) is 18.3 Å². The van der Waals surface area contributed by atoms with Crippen molar-refractivity contribution in [2.75, 3.05) is 0 Å². The number of aliphatic hydroxyl groups is 1. The second kappa shape index (κ2) is 5.20. The van der Waals surface area contributed by atoms with Crippen LogP contribution in [-0.4, -0.2) is 15.6 Å². The molecule has 0 aliphatic carbocycles. The summed E-state index contributed by atoms with van der Waals surface area (Å²) in [6, 6.07) is 4.30. The first-order valence-corrected chi connectivity index (χ1v) is 8.28. The van der Waals surface area contributed by atoms with Crippen LogP contribution in [0.4, 0.5) is 13.2 Å². The summed E-state index contributed by atoms with van der Waals surface area (Å²) in [6.07, 6.45) is 0.0435. The number of hydrogen-bond acceptors (Lipinski definition) is 2. The van der Waals surface area contributed by atoms with Crippen molar-refractivity contribution in [3.05, 3.63) is 34.9 Å². The first-order valence-electron chi connectivity index (χ1n) is 7.34. The molecule has 0 amide bonds. The minimum Gasteiger partial charge on any atom is -0.385 e. The van der Waals surface area contributed by atoms with E-state index in [1.165, 1.54) is 19.4 Å². The molecule has 0 radical (unpaired) electrons. The van der Waals surface area contributed by atoms with Crippen molar-refractivity contribution < 1.29 is 18.3 Å². The van der Waals surface area contributed by atoms with Crippen molar-refractivity contribution in [3.8, 4) is 0 Å². The van der Waals surface area contributed by atoms with Crippen molar-refractivity contribution in [2.45, 2.75) is 61.3 Å². The number of halogens is 3. The highest BCUT2D eigenvalue weighted by Crippen LogP contribution is 2.50. The van der Waals surface area contributed by atoms with Crippen LogP contribution >= 0.6 is 11.8 Å². The van der Waals surface area contributed by atoms with E-state index in [4.69, 9.17) is 0 Å². The van der Waals surface area contributed by atoms with Crippen molar-refractivity contribution in [1.29, 1.82) is 0 Å². The van der Waals surface area contributed by atoms with E-state index in [2.05, 4.69) is 0 Å². The zero-order valence-corrected chi connectivity index (χ0v) is 12.7. The van der Waals surface area contributed by atoms with E-state index in [0.29, 0.717) is 28.9 Å². The fourth-order valence-corrected chi connectivity index (χ4v) is 5.46. The zero-order chi connectivity index (χ0) is 15.3. The molecule has 2 unspecified atom stereocenters. The number of alkyl halides is 3. The summed E-state index contributed by atoms with van der Waals surface area (Å²) in [5.74, 6) is 0. The van der Waals surface area contributed by atoms with Gasteiger partial charge in [0.05, 0.1) is 11.2 Å². The van der Waals surface area contributed by atoms with Crippen LogP contribution in [0.25, 0.3) is 0 Å². The Morgan fingerprint density at radius 3 is 2.38 bits per heavy atom. The highest BCUT2D eigenvalue weighted by atomic mass is 32.2. The smallest absolute Gasteiger partial charge is 0.385 e. The highest BCUT2D eigenvalue weighted by molar-refractivity contribution is 8.00. The molecule has 1 aromatic carbocycles. The van der Waals surface area contributed by atoms with Crippen LogP contribution in [0.2, 0.25) is 0 Å². The van der Waals surface area contributed by atoms with Gasteiger partial charge in [0.1, 0.15) is 0 Å².